The molecule has 2 aromatic heterocycles. The first-order valence-corrected chi connectivity index (χ1v) is 17.5. The summed E-state index contributed by atoms with van der Waals surface area (Å²) in [6, 6.07) is 11.2. The SMILES string of the molecule is CCNC(=O)[C@H](NC(=O)C1(c2ccc3nc([C@@H](NC(=O)c4ccnn4C)[C@@H]4c5cc(F)ccc5CC45CC5)[nH]c3c2)CCOC1)C1CCC1. The van der Waals surface area contributed by atoms with Crippen molar-refractivity contribution in [1.29, 1.82) is 0 Å². The van der Waals surface area contributed by atoms with Crippen LogP contribution in [0.25, 0.3) is 11.0 Å². The number of rotatable bonds is 10. The van der Waals surface area contributed by atoms with E-state index >= 15 is 0 Å². The number of halogens is 1. The van der Waals surface area contributed by atoms with Gasteiger partial charge in [-0.05, 0) is 104 Å². The molecule has 3 fully saturated rings. The maximum atomic E-state index is 14.7. The first-order valence-electron chi connectivity index (χ1n) is 17.5. The summed E-state index contributed by atoms with van der Waals surface area (Å²) in [5.41, 5.74) is 3.53. The minimum absolute atomic E-state index is 0.0882. The summed E-state index contributed by atoms with van der Waals surface area (Å²) in [4.78, 5) is 49.4. The highest BCUT2D eigenvalue weighted by molar-refractivity contribution is 5.95. The highest BCUT2D eigenvalue weighted by Gasteiger charge is 2.58. The molecule has 0 radical (unpaired) electrons. The van der Waals surface area contributed by atoms with Gasteiger partial charge in [0.1, 0.15) is 23.4 Å². The molecule has 4 N–H and O–H groups in total. The van der Waals surface area contributed by atoms with Gasteiger partial charge >= 0.3 is 0 Å². The number of hydrogen-bond donors (Lipinski definition) is 4. The number of H-pyrrole nitrogens is 1. The zero-order valence-corrected chi connectivity index (χ0v) is 27.9. The van der Waals surface area contributed by atoms with E-state index in [-0.39, 0.29) is 47.4 Å². The summed E-state index contributed by atoms with van der Waals surface area (Å²) in [6.45, 7) is 3.00. The number of aryl methyl sites for hydroxylation is 1. The monoisotopic (exact) mass is 667 g/mol. The number of carbonyl (C=O) groups is 3. The Hall–Kier alpha value is -4.58. The van der Waals surface area contributed by atoms with Crippen LogP contribution in [0.2, 0.25) is 0 Å². The lowest BCUT2D eigenvalue weighted by Crippen LogP contribution is -2.57. The molecule has 3 heterocycles. The Balaban J connectivity index is 1.16. The number of aromatic nitrogens is 4. The zero-order chi connectivity index (χ0) is 33.9. The smallest absolute Gasteiger partial charge is 0.270 e. The molecular weight excluding hydrogens is 625 g/mol. The molecule has 3 amide bonds. The zero-order valence-electron chi connectivity index (χ0n) is 27.9. The van der Waals surface area contributed by atoms with Gasteiger partial charge in [-0.25, -0.2) is 9.37 Å². The molecule has 0 bridgehead atoms. The number of aromatic amines is 1. The number of ether oxygens (including phenoxy) is 1. The fourth-order valence-corrected chi connectivity index (χ4v) is 8.45. The van der Waals surface area contributed by atoms with Gasteiger partial charge in [0.2, 0.25) is 11.8 Å². The van der Waals surface area contributed by atoms with Crippen molar-refractivity contribution in [2.75, 3.05) is 19.8 Å². The van der Waals surface area contributed by atoms with Crippen LogP contribution >= 0.6 is 0 Å². The number of imidazole rings is 1. The Bertz CT molecular complexity index is 1940. The van der Waals surface area contributed by atoms with Gasteiger partial charge in [-0.1, -0.05) is 18.6 Å². The molecule has 4 atom stereocenters. The summed E-state index contributed by atoms with van der Waals surface area (Å²) < 4.78 is 22.1. The fraction of sp³-hybridized carbons (Fsp3) is 0.486. The molecule has 2 aromatic carbocycles. The van der Waals surface area contributed by atoms with E-state index in [0.717, 1.165) is 55.2 Å². The first-order chi connectivity index (χ1) is 23.7. The average Bonchev–Trinajstić information content (AvgIpc) is 3.48. The molecule has 2 saturated carbocycles. The molecule has 4 aromatic rings. The van der Waals surface area contributed by atoms with Crippen LogP contribution in [0.5, 0.6) is 0 Å². The molecule has 1 saturated heterocycles. The largest absolute Gasteiger partial charge is 0.380 e. The number of fused-ring (bicyclic) bond motifs is 2. The Morgan fingerprint density at radius 1 is 1.10 bits per heavy atom. The van der Waals surface area contributed by atoms with Crippen molar-refractivity contribution < 1.29 is 23.5 Å². The third-order valence-corrected chi connectivity index (χ3v) is 11.6. The van der Waals surface area contributed by atoms with Gasteiger partial charge in [0.05, 0.1) is 29.1 Å². The summed E-state index contributed by atoms with van der Waals surface area (Å²) in [6.07, 6.45) is 7.71. The van der Waals surface area contributed by atoms with Gasteiger partial charge in [-0.3, -0.25) is 19.1 Å². The van der Waals surface area contributed by atoms with Crippen molar-refractivity contribution in [3.63, 3.8) is 0 Å². The lowest BCUT2D eigenvalue weighted by atomic mass is 9.76. The predicted octanol–water partition coefficient (Wildman–Crippen LogP) is 4.11. The lowest BCUT2D eigenvalue weighted by molar-refractivity contribution is -0.134. The van der Waals surface area contributed by atoms with E-state index < -0.39 is 17.5 Å². The maximum Gasteiger partial charge on any atom is 0.270 e. The number of nitrogens with zero attached hydrogens (tertiary/aromatic N) is 3. The Morgan fingerprint density at radius 3 is 2.61 bits per heavy atom. The van der Waals surface area contributed by atoms with Crippen molar-refractivity contribution in [3.8, 4) is 0 Å². The minimum Gasteiger partial charge on any atom is -0.380 e. The topological polar surface area (TPSA) is 143 Å². The van der Waals surface area contributed by atoms with Gasteiger partial charge < -0.3 is 25.7 Å². The molecule has 1 spiro atoms. The van der Waals surface area contributed by atoms with Crippen molar-refractivity contribution >= 4 is 28.8 Å². The van der Waals surface area contributed by atoms with Crippen molar-refractivity contribution in [2.45, 2.75) is 75.3 Å². The Labute approximate surface area is 283 Å². The molecule has 4 aliphatic rings. The highest BCUT2D eigenvalue weighted by Crippen LogP contribution is 2.66. The van der Waals surface area contributed by atoms with Crippen molar-refractivity contribution in [2.24, 2.45) is 18.4 Å². The van der Waals surface area contributed by atoms with E-state index in [1.165, 1.54) is 10.7 Å². The molecule has 1 aliphatic heterocycles. The van der Waals surface area contributed by atoms with Crippen LogP contribution in [0, 0.1) is 17.2 Å². The second kappa shape index (κ2) is 12.1. The molecule has 8 rings (SSSR count). The third kappa shape index (κ3) is 5.40. The van der Waals surface area contributed by atoms with E-state index in [4.69, 9.17) is 9.72 Å². The summed E-state index contributed by atoms with van der Waals surface area (Å²) in [5, 5.41) is 13.5. The van der Waals surface area contributed by atoms with Gasteiger partial charge in [0, 0.05) is 32.3 Å². The second-order valence-electron chi connectivity index (χ2n) is 14.4. The van der Waals surface area contributed by atoms with Crippen LogP contribution in [0.15, 0.2) is 48.7 Å². The van der Waals surface area contributed by atoms with Crippen LogP contribution in [0.1, 0.15) is 90.4 Å². The molecule has 49 heavy (non-hydrogen) atoms. The van der Waals surface area contributed by atoms with E-state index in [1.54, 1.807) is 25.4 Å². The normalized spacial score (nSPS) is 23.5. The van der Waals surface area contributed by atoms with Crippen LogP contribution < -0.4 is 16.0 Å². The number of hydrogen-bond acceptors (Lipinski definition) is 6. The van der Waals surface area contributed by atoms with Crippen molar-refractivity contribution in [1.82, 2.24) is 35.7 Å². The van der Waals surface area contributed by atoms with E-state index in [0.29, 0.717) is 42.1 Å². The van der Waals surface area contributed by atoms with Gasteiger partial charge in [0.15, 0.2) is 0 Å². The number of nitrogens with one attached hydrogen (secondary N) is 4. The van der Waals surface area contributed by atoms with Crippen LogP contribution in [-0.4, -0.2) is 63.3 Å². The summed E-state index contributed by atoms with van der Waals surface area (Å²) in [5.74, 6) is -0.458. The predicted molar refractivity (Wildman–Crippen MR) is 179 cm³/mol. The van der Waals surface area contributed by atoms with Crippen LogP contribution in [0.4, 0.5) is 4.39 Å². The van der Waals surface area contributed by atoms with Gasteiger partial charge in [0.25, 0.3) is 5.91 Å². The standard InChI is InChI=1S/C37H42FN7O4/c1-3-39-34(47)30(21-5-4-6-21)44-35(48)37(14-16-49-20-37)23-8-10-26-27(17-23)42-32(41-26)31(43-33(46)28-11-15-40-45(28)2)29-25-18-24(38)9-7-22(25)19-36(29)12-13-36/h7-11,15,17-18,21,29-31H,3-6,12-14,16,19-20H2,1-2H3,(H,39,47)(H,41,42)(H,43,46)(H,44,48)/t29-,30+,31-,37?/m0/s1. The average molecular weight is 668 g/mol. The van der Waals surface area contributed by atoms with Crippen LogP contribution in [0.3, 0.4) is 0 Å². The highest BCUT2D eigenvalue weighted by atomic mass is 19.1. The molecule has 256 valence electrons. The Kier molecular flexibility index (Phi) is 7.81. The number of amides is 3. The fourth-order valence-electron chi connectivity index (χ4n) is 8.45. The molecule has 11 nitrogen and oxygen atoms in total. The van der Waals surface area contributed by atoms with E-state index in [2.05, 4.69) is 26.0 Å². The number of benzene rings is 2. The van der Waals surface area contributed by atoms with Gasteiger partial charge in [-0.2, -0.15) is 5.10 Å². The second-order valence-corrected chi connectivity index (χ2v) is 14.4. The molecule has 12 heteroatoms. The Morgan fingerprint density at radius 2 is 1.94 bits per heavy atom. The van der Waals surface area contributed by atoms with Gasteiger partial charge in [-0.15, -0.1) is 0 Å². The van der Waals surface area contributed by atoms with Crippen molar-refractivity contribution in [3.05, 3.63) is 82.7 Å². The summed E-state index contributed by atoms with van der Waals surface area (Å²) in [7, 11) is 1.72. The number of likely N-dealkylation sites (N-methyl/N-ethyl adjacent to an activating group) is 1. The lowest BCUT2D eigenvalue weighted by Gasteiger charge is -2.36. The van der Waals surface area contributed by atoms with Crippen LogP contribution in [-0.2, 0) is 33.2 Å². The third-order valence-electron chi connectivity index (χ3n) is 11.6. The first kappa shape index (κ1) is 31.7. The quantitative estimate of drug-likeness (QED) is 0.201. The molecular formula is C37H42FN7O4. The van der Waals surface area contributed by atoms with E-state index in [1.807, 2.05) is 31.2 Å². The molecule has 1 unspecified atom stereocenters. The maximum absolute atomic E-state index is 14.7. The minimum atomic E-state index is -0.971. The molecule has 3 aliphatic carbocycles. The van der Waals surface area contributed by atoms with E-state index in [9.17, 15) is 18.8 Å². The number of carbonyl (C=O) groups excluding carboxylic acids is 3. The summed E-state index contributed by atoms with van der Waals surface area (Å²) >= 11 is 0.